The van der Waals surface area contributed by atoms with E-state index in [0.717, 1.165) is 56.8 Å². The molecule has 1 fully saturated rings. The van der Waals surface area contributed by atoms with E-state index >= 15 is 0 Å². The Morgan fingerprint density at radius 1 is 1.43 bits per heavy atom. The molecule has 2 aliphatic rings. The lowest BCUT2D eigenvalue weighted by molar-refractivity contribution is 0.206. The van der Waals surface area contributed by atoms with Crippen molar-refractivity contribution in [3.8, 4) is 0 Å². The summed E-state index contributed by atoms with van der Waals surface area (Å²) in [7, 11) is 1.76. The smallest absolute Gasteiger partial charge is 0.120 e. The molecule has 1 saturated carbocycles. The summed E-state index contributed by atoms with van der Waals surface area (Å²) >= 11 is 0. The Morgan fingerprint density at radius 2 is 2.29 bits per heavy atom. The van der Waals surface area contributed by atoms with E-state index in [1.54, 1.807) is 7.11 Å². The van der Waals surface area contributed by atoms with Crippen molar-refractivity contribution in [1.82, 2.24) is 10.2 Å². The third-order valence-electron chi connectivity index (χ3n) is 4.30. The van der Waals surface area contributed by atoms with Crippen molar-refractivity contribution in [3.05, 3.63) is 34.8 Å². The number of aryl methyl sites for hydroxylation is 1. The van der Waals surface area contributed by atoms with Crippen LogP contribution in [0.2, 0.25) is 0 Å². The second-order valence-corrected chi connectivity index (χ2v) is 6.25. The van der Waals surface area contributed by atoms with E-state index in [4.69, 9.17) is 9.15 Å². The standard InChI is InChI=1S/C17H26N2O2/c1-13-9-16(21-17(13)10-18-15-3-4-15)11-19-7-5-14(6-8-19)12-20-2/h5,9,15,18H,3-4,6-8,10-12H2,1-2H3. The largest absolute Gasteiger partial charge is 0.463 e. The highest BCUT2D eigenvalue weighted by atomic mass is 16.5. The summed E-state index contributed by atoms with van der Waals surface area (Å²) in [6.45, 7) is 6.77. The van der Waals surface area contributed by atoms with Gasteiger partial charge in [0, 0.05) is 26.2 Å². The van der Waals surface area contributed by atoms with Gasteiger partial charge >= 0.3 is 0 Å². The third-order valence-corrected chi connectivity index (χ3v) is 4.30. The summed E-state index contributed by atoms with van der Waals surface area (Å²) in [6, 6.07) is 2.92. The minimum Gasteiger partial charge on any atom is -0.463 e. The van der Waals surface area contributed by atoms with Crippen LogP contribution in [0, 0.1) is 6.92 Å². The van der Waals surface area contributed by atoms with Crippen LogP contribution in [-0.2, 0) is 17.8 Å². The van der Waals surface area contributed by atoms with Gasteiger partial charge in [-0.1, -0.05) is 6.08 Å². The second kappa shape index (κ2) is 6.77. The first-order valence-corrected chi connectivity index (χ1v) is 7.95. The van der Waals surface area contributed by atoms with Crippen molar-refractivity contribution in [2.24, 2.45) is 0 Å². The van der Waals surface area contributed by atoms with Crippen molar-refractivity contribution < 1.29 is 9.15 Å². The molecule has 0 aromatic carbocycles. The van der Waals surface area contributed by atoms with Crippen LogP contribution in [-0.4, -0.2) is 37.7 Å². The monoisotopic (exact) mass is 290 g/mol. The zero-order valence-electron chi connectivity index (χ0n) is 13.2. The van der Waals surface area contributed by atoms with Gasteiger partial charge in [-0.15, -0.1) is 0 Å². The molecule has 3 rings (SSSR count). The minimum absolute atomic E-state index is 0.726. The van der Waals surface area contributed by atoms with Crippen molar-refractivity contribution in [1.29, 1.82) is 0 Å². The number of hydrogen-bond donors (Lipinski definition) is 1. The maximum absolute atomic E-state index is 6.02. The van der Waals surface area contributed by atoms with Gasteiger partial charge in [-0.05, 0) is 43.4 Å². The lowest BCUT2D eigenvalue weighted by Gasteiger charge is -2.25. The van der Waals surface area contributed by atoms with Gasteiger partial charge < -0.3 is 14.5 Å². The highest BCUT2D eigenvalue weighted by Gasteiger charge is 2.21. The van der Waals surface area contributed by atoms with Gasteiger partial charge in [0.2, 0.25) is 0 Å². The van der Waals surface area contributed by atoms with Crippen LogP contribution in [0.5, 0.6) is 0 Å². The molecule has 0 amide bonds. The van der Waals surface area contributed by atoms with Crippen LogP contribution < -0.4 is 5.32 Å². The minimum atomic E-state index is 0.726. The van der Waals surface area contributed by atoms with E-state index in [9.17, 15) is 0 Å². The van der Waals surface area contributed by atoms with E-state index in [-0.39, 0.29) is 0 Å². The van der Waals surface area contributed by atoms with E-state index in [2.05, 4.69) is 29.3 Å². The number of nitrogens with one attached hydrogen (secondary N) is 1. The summed E-state index contributed by atoms with van der Waals surface area (Å²) in [6.07, 6.45) is 6.02. The zero-order chi connectivity index (χ0) is 14.7. The molecular formula is C17H26N2O2. The first-order valence-electron chi connectivity index (χ1n) is 7.95. The molecule has 116 valence electrons. The average molecular weight is 290 g/mol. The van der Waals surface area contributed by atoms with Crippen molar-refractivity contribution in [2.75, 3.05) is 26.8 Å². The SMILES string of the molecule is COCC1=CCN(Cc2cc(C)c(CNC3CC3)o2)CC1. The Labute approximate surface area is 127 Å². The number of ether oxygens (including phenoxy) is 1. The molecular weight excluding hydrogens is 264 g/mol. The second-order valence-electron chi connectivity index (χ2n) is 6.25. The highest BCUT2D eigenvalue weighted by molar-refractivity contribution is 5.20. The molecule has 1 aromatic heterocycles. The van der Waals surface area contributed by atoms with E-state index in [0.29, 0.717) is 0 Å². The Hall–Kier alpha value is -1.10. The fourth-order valence-corrected chi connectivity index (χ4v) is 2.80. The number of rotatable bonds is 7. The van der Waals surface area contributed by atoms with Gasteiger partial charge in [0.1, 0.15) is 11.5 Å². The Balaban J connectivity index is 1.52. The molecule has 4 nitrogen and oxygen atoms in total. The van der Waals surface area contributed by atoms with Gasteiger partial charge in [-0.2, -0.15) is 0 Å². The van der Waals surface area contributed by atoms with Crippen LogP contribution >= 0.6 is 0 Å². The Bertz CT molecular complexity index is 503. The summed E-state index contributed by atoms with van der Waals surface area (Å²) in [4.78, 5) is 2.43. The van der Waals surface area contributed by atoms with Crippen LogP contribution in [0.3, 0.4) is 0 Å². The van der Waals surface area contributed by atoms with Gasteiger partial charge in [-0.25, -0.2) is 0 Å². The molecule has 1 N–H and O–H groups in total. The fourth-order valence-electron chi connectivity index (χ4n) is 2.80. The predicted octanol–water partition coefficient (Wildman–Crippen LogP) is 2.62. The van der Waals surface area contributed by atoms with Crippen molar-refractivity contribution in [2.45, 2.75) is 45.3 Å². The summed E-state index contributed by atoms with van der Waals surface area (Å²) in [5.74, 6) is 2.19. The number of nitrogens with zero attached hydrogens (tertiary/aromatic N) is 1. The topological polar surface area (TPSA) is 37.6 Å². The third kappa shape index (κ3) is 4.19. The van der Waals surface area contributed by atoms with Crippen molar-refractivity contribution >= 4 is 0 Å². The summed E-state index contributed by atoms with van der Waals surface area (Å²) < 4.78 is 11.2. The normalized spacial score (nSPS) is 19.8. The number of furan rings is 1. The first-order chi connectivity index (χ1) is 10.2. The maximum Gasteiger partial charge on any atom is 0.120 e. The van der Waals surface area contributed by atoms with Gasteiger partial charge in [-0.3, -0.25) is 4.90 Å². The number of methoxy groups -OCH3 is 1. The van der Waals surface area contributed by atoms with Crippen LogP contribution in [0.25, 0.3) is 0 Å². The molecule has 0 radical (unpaired) electrons. The van der Waals surface area contributed by atoms with Crippen molar-refractivity contribution in [3.63, 3.8) is 0 Å². The average Bonchev–Trinajstić information content (AvgIpc) is 3.24. The Kier molecular flexibility index (Phi) is 4.78. The van der Waals surface area contributed by atoms with Gasteiger partial charge in [0.05, 0.1) is 19.7 Å². The summed E-state index contributed by atoms with van der Waals surface area (Å²) in [5, 5.41) is 3.52. The maximum atomic E-state index is 6.02. The molecule has 0 unspecified atom stereocenters. The fraction of sp³-hybridized carbons (Fsp3) is 0.647. The quantitative estimate of drug-likeness (QED) is 0.783. The Morgan fingerprint density at radius 3 is 2.95 bits per heavy atom. The van der Waals surface area contributed by atoms with E-state index in [1.807, 2.05) is 0 Å². The van der Waals surface area contributed by atoms with E-state index < -0.39 is 0 Å². The first kappa shape index (κ1) is 14.8. The molecule has 2 heterocycles. The molecule has 0 spiro atoms. The molecule has 1 aliphatic heterocycles. The molecule has 4 heteroatoms. The van der Waals surface area contributed by atoms with Crippen LogP contribution in [0.4, 0.5) is 0 Å². The lowest BCUT2D eigenvalue weighted by atomic mass is 10.1. The lowest BCUT2D eigenvalue weighted by Crippen LogP contribution is -2.28. The molecule has 1 aliphatic carbocycles. The molecule has 0 saturated heterocycles. The zero-order valence-corrected chi connectivity index (χ0v) is 13.2. The molecule has 0 bridgehead atoms. The van der Waals surface area contributed by atoms with E-state index in [1.165, 1.54) is 24.0 Å². The predicted molar refractivity (Wildman–Crippen MR) is 83.2 cm³/mol. The van der Waals surface area contributed by atoms with Gasteiger partial charge in [0.25, 0.3) is 0 Å². The van der Waals surface area contributed by atoms with Gasteiger partial charge in [0.15, 0.2) is 0 Å². The highest BCUT2D eigenvalue weighted by Crippen LogP contribution is 2.22. The molecule has 21 heavy (non-hydrogen) atoms. The van der Waals surface area contributed by atoms with Crippen LogP contribution in [0.1, 0.15) is 36.3 Å². The molecule has 1 aromatic rings. The molecule has 0 atom stereocenters. The van der Waals surface area contributed by atoms with Crippen LogP contribution in [0.15, 0.2) is 22.1 Å². The number of hydrogen-bond acceptors (Lipinski definition) is 4. The summed E-state index contributed by atoms with van der Waals surface area (Å²) in [5.41, 5.74) is 2.68.